The number of amides is 1. The van der Waals surface area contributed by atoms with Crippen molar-refractivity contribution in [3.8, 4) is 5.69 Å². The number of carbonyl (C=O) groups excluding carboxylic acids is 1. The van der Waals surface area contributed by atoms with Crippen LogP contribution in [-0.4, -0.2) is 30.1 Å². The molecule has 174 valence electrons. The molecule has 0 unspecified atom stereocenters. The summed E-state index contributed by atoms with van der Waals surface area (Å²) in [6.07, 6.45) is 1.50. The Kier molecular flexibility index (Phi) is 7.84. The Morgan fingerprint density at radius 3 is 2.24 bits per heavy atom. The highest BCUT2D eigenvalue weighted by atomic mass is 32.2. The van der Waals surface area contributed by atoms with Crippen LogP contribution in [0.3, 0.4) is 0 Å². The van der Waals surface area contributed by atoms with Crippen molar-refractivity contribution in [1.82, 2.24) is 19.8 Å². The highest BCUT2D eigenvalue weighted by molar-refractivity contribution is 7.92. The second kappa shape index (κ2) is 10.6. The molecule has 0 saturated heterocycles. The van der Waals surface area contributed by atoms with Crippen molar-refractivity contribution in [2.75, 3.05) is 0 Å². The van der Waals surface area contributed by atoms with Gasteiger partial charge in [-0.25, -0.2) is 13.1 Å². The van der Waals surface area contributed by atoms with Crippen LogP contribution in [0.4, 0.5) is 0 Å². The van der Waals surface area contributed by atoms with Crippen LogP contribution in [0.25, 0.3) is 11.8 Å². The molecule has 1 atom stereocenters. The largest absolute Gasteiger partial charge is 0.350 e. The normalized spacial score (nSPS) is 12.9. The number of sulfonamides is 1. The summed E-state index contributed by atoms with van der Waals surface area (Å²) in [5, 5.41) is 8.56. The summed E-state index contributed by atoms with van der Waals surface area (Å²) in [5.74, 6) is -0.618. The molecule has 3 aromatic rings. The molecule has 0 aliphatic carbocycles. The van der Waals surface area contributed by atoms with Crippen LogP contribution in [0, 0.1) is 19.8 Å². The lowest BCUT2D eigenvalue weighted by Gasteiger charge is -2.21. The van der Waals surface area contributed by atoms with Crippen molar-refractivity contribution in [3.63, 3.8) is 0 Å². The third-order valence-corrected chi connectivity index (χ3v) is 6.44. The molecule has 1 amide bonds. The quantitative estimate of drug-likeness (QED) is 0.503. The van der Waals surface area contributed by atoms with Gasteiger partial charge in [-0.1, -0.05) is 62.4 Å². The number of benzene rings is 2. The van der Waals surface area contributed by atoms with E-state index in [9.17, 15) is 13.2 Å². The first-order valence-corrected chi connectivity index (χ1v) is 12.4. The Labute approximate surface area is 195 Å². The van der Waals surface area contributed by atoms with Crippen molar-refractivity contribution in [3.05, 3.63) is 88.6 Å². The molecular weight excluding hydrogens is 436 g/mol. The maximum atomic E-state index is 12.9. The average molecular weight is 467 g/mol. The van der Waals surface area contributed by atoms with E-state index in [4.69, 9.17) is 0 Å². The molecule has 33 heavy (non-hydrogen) atoms. The number of aryl methyl sites for hydroxylation is 1. The van der Waals surface area contributed by atoms with E-state index < -0.39 is 16.1 Å². The van der Waals surface area contributed by atoms with Crippen molar-refractivity contribution in [2.24, 2.45) is 5.92 Å². The van der Waals surface area contributed by atoms with Crippen molar-refractivity contribution < 1.29 is 13.2 Å². The summed E-state index contributed by atoms with van der Waals surface area (Å²) in [4.78, 5) is 12.9. The number of rotatable bonds is 9. The van der Waals surface area contributed by atoms with Crippen molar-refractivity contribution >= 4 is 22.0 Å². The molecule has 3 rings (SSSR count). The van der Waals surface area contributed by atoms with Gasteiger partial charge in [0.25, 0.3) is 0 Å². The molecule has 1 aromatic heterocycles. The topological polar surface area (TPSA) is 93.1 Å². The molecule has 0 spiro atoms. The highest BCUT2D eigenvalue weighted by Crippen LogP contribution is 2.18. The zero-order valence-corrected chi connectivity index (χ0v) is 20.1. The first-order valence-electron chi connectivity index (χ1n) is 10.8. The number of para-hydroxylation sites is 1. The zero-order chi connectivity index (χ0) is 24.0. The zero-order valence-electron chi connectivity index (χ0n) is 19.3. The number of nitrogens with one attached hydrogen (secondary N) is 2. The van der Waals surface area contributed by atoms with E-state index in [0.29, 0.717) is 0 Å². The van der Waals surface area contributed by atoms with Crippen LogP contribution in [0.15, 0.2) is 66.1 Å². The van der Waals surface area contributed by atoms with Gasteiger partial charge in [0.15, 0.2) is 0 Å². The summed E-state index contributed by atoms with van der Waals surface area (Å²) in [6.45, 7) is 7.71. The molecule has 0 saturated carbocycles. The molecule has 2 N–H and O–H groups in total. The number of aromatic nitrogens is 2. The molecule has 1 heterocycles. The Bertz CT molecular complexity index is 1220. The Morgan fingerprint density at radius 1 is 1.03 bits per heavy atom. The maximum Gasteiger partial charge on any atom is 0.238 e. The van der Waals surface area contributed by atoms with Crippen LogP contribution in [-0.2, 0) is 21.4 Å². The monoisotopic (exact) mass is 466 g/mol. The van der Waals surface area contributed by atoms with Crippen molar-refractivity contribution in [2.45, 2.75) is 40.3 Å². The highest BCUT2D eigenvalue weighted by Gasteiger charge is 2.26. The van der Waals surface area contributed by atoms with Gasteiger partial charge in [-0.3, -0.25) is 4.79 Å². The number of hydrogen-bond donors (Lipinski definition) is 2. The molecular formula is C25H30N4O3S. The second-order valence-electron chi connectivity index (χ2n) is 8.21. The smallest absolute Gasteiger partial charge is 0.238 e. The minimum atomic E-state index is -3.81. The van der Waals surface area contributed by atoms with Gasteiger partial charge < -0.3 is 5.32 Å². The third kappa shape index (κ3) is 6.40. The van der Waals surface area contributed by atoms with Gasteiger partial charge in [0, 0.05) is 23.2 Å². The molecule has 8 heteroatoms. The fraction of sp³-hybridized carbons (Fsp3) is 0.280. The van der Waals surface area contributed by atoms with Crippen LogP contribution in [0.2, 0.25) is 0 Å². The first kappa shape index (κ1) is 24.4. The van der Waals surface area contributed by atoms with Gasteiger partial charge in [-0.2, -0.15) is 9.82 Å². The molecule has 0 aliphatic rings. The predicted octanol–water partition coefficient (Wildman–Crippen LogP) is 3.72. The average Bonchev–Trinajstić information content (AvgIpc) is 3.09. The second-order valence-corrected chi connectivity index (χ2v) is 9.81. The van der Waals surface area contributed by atoms with Gasteiger partial charge in [-0.05, 0) is 43.5 Å². The molecule has 2 aromatic carbocycles. The standard InChI is InChI=1S/C25H30N4O3S/c1-18(2)24(28-33(31,32)16-15-21-11-7-5-8-12-21)25(30)26-17-23-19(3)27-29(20(23)4)22-13-9-6-10-14-22/h5-16,18,24,28H,17H2,1-4H3,(H,26,30)/b16-15+/t24-/m0/s1. The van der Waals surface area contributed by atoms with Gasteiger partial charge in [0.1, 0.15) is 6.04 Å². The lowest BCUT2D eigenvalue weighted by atomic mass is 10.0. The van der Waals surface area contributed by atoms with Crippen LogP contribution >= 0.6 is 0 Å². The number of carbonyl (C=O) groups is 1. The fourth-order valence-electron chi connectivity index (χ4n) is 3.48. The molecule has 0 aliphatic heterocycles. The van der Waals surface area contributed by atoms with E-state index in [2.05, 4.69) is 15.1 Å². The van der Waals surface area contributed by atoms with Crippen LogP contribution in [0.1, 0.15) is 36.4 Å². The predicted molar refractivity (Wildman–Crippen MR) is 131 cm³/mol. The number of nitrogens with zero attached hydrogens (tertiary/aromatic N) is 2. The number of hydrogen-bond acceptors (Lipinski definition) is 4. The van der Waals surface area contributed by atoms with E-state index in [1.807, 2.05) is 67.1 Å². The summed E-state index contributed by atoms with van der Waals surface area (Å²) >= 11 is 0. The lowest BCUT2D eigenvalue weighted by molar-refractivity contribution is -0.123. The SMILES string of the molecule is Cc1nn(-c2ccccc2)c(C)c1CNC(=O)[C@@H](NS(=O)(=O)/C=C/c1ccccc1)C(C)C. The third-order valence-electron chi connectivity index (χ3n) is 5.36. The van der Waals surface area contributed by atoms with Gasteiger partial charge in [-0.15, -0.1) is 0 Å². The minimum absolute atomic E-state index is 0.237. The fourth-order valence-corrected chi connectivity index (χ4v) is 4.63. The Hall–Kier alpha value is -3.23. The lowest BCUT2D eigenvalue weighted by Crippen LogP contribution is -2.48. The van der Waals surface area contributed by atoms with Gasteiger partial charge in [0.05, 0.1) is 11.4 Å². The summed E-state index contributed by atoms with van der Waals surface area (Å²) in [7, 11) is -3.81. The minimum Gasteiger partial charge on any atom is -0.350 e. The van der Waals surface area contributed by atoms with E-state index in [0.717, 1.165) is 33.6 Å². The van der Waals surface area contributed by atoms with Crippen LogP contribution in [0.5, 0.6) is 0 Å². The molecule has 0 fully saturated rings. The molecule has 7 nitrogen and oxygen atoms in total. The summed E-state index contributed by atoms with van der Waals surface area (Å²) in [5.41, 5.74) is 4.33. The van der Waals surface area contributed by atoms with E-state index in [1.54, 1.807) is 26.0 Å². The summed E-state index contributed by atoms with van der Waals surface area (Å²) < 4.78 is 29.5. The Balaban J connectivity index is 1.70. The van der Waals surface area contributed by atoms with E-state index in [-0.39, 0.29) is 18.4 Å². The summed E-state index contributed by atoms with van der Waals surface area (Å²) in [6, 6.07) is 18.0. The maximum absolute atomic E-state index is 12.9. The van der Waals surface area contributed by atoms with Gasteiger partial charge in [0.2, 0.25) is 15.9 Å². The van der Waals surface area contributed by atoms with Crippen LogP contribution < -0.4 is 10.0 Å². The Morgan fingerprint density at radius 2 is 1.64 bits per heavy atom. The molecule has 0 radical (unpaired) electrons. The van der Waals surface area contributed by atoms with E-state index in [1.165, 1.54) is 6.08 Å². The first-order chi connectivity index (χ1) is 15.7. The molecule has 0 bridgehead atoms. The van der Waals surface area contributed by atoms with Gasteiger partial charge >= 0.3 is 0 Å². The van der Waals surface area contributed by atoms with Crippen molar-refractivity contribution in [1.29, 1.82) is 0 Å². The van der Waals surface area contributed by atoms with E-state index >= 15 is 0 Å².